The Hall–Kier alpha value is -2.03. The van der Waals surface area contributed by atoms with Gasteiger partial charge in [0.05, 0.1) is 5.41 Å². The van der Waals surface area contributed by atoms with Crippen LogP contribution in [0, 0.1) is 11.6 Å². The maximum Gasteiger partial charge on any atom is 0.147 e. The minimum absolute atomic E-state index is 0.0358. The summed E-state index contributed by atoms with van der Waals surface area (Å²) in [6.07, 6.45) is 1.70. The number of carbonyl (C=O) groups excluding carboxylic acids is 1. The predicted molar refractivity (Wildman–Crippen MR) is 72.4 cm³/mol. The van der Waals surface area contributed by atoms with Crippen LogP contribution in [0.3, 0.4) is 0 Å². The molecule has 0 aromatic heterocycles. The van der Waals surface area contributed by atoms with Crippen LogP contribution in [-0.4, -0.2) is 5.78 Å². The molecule has 20 heavy (non-hydrogen) atoms. The Morgan fingerprint density at radius 3 is 2.15 bits per heavy atom. The van der Waals surface area contributed by atoms with E-state index in [0.29, 0.717) is 5.56 Å². The van der Waals surface area contributed by atoms with Crippen LogP contribution in [0.2, 0.25) is 0 Å². The van der Waals surface area contributed by atoms with Gasteiger partial charge in [0.25, 0.3) is 0 Å². The van der Waals surface area contributed by atoms with Crippen molar-refractivity contribution in [3.63, 3.8) is 0 Å². The molecule has 3 rings (SSSR count). The zero-order chi connectivity index (χ0) is 14.2. The molecule has 102 valence electrons. The molecular weight excluding hydrogens is 258 g/mol. The molecule has 1 aliphatic rings. The second-order valence-corrected chi connectivity index (χ2v) is 5.33. The van der Waals surface area contributed by atoms with Gasteiger partial charge < -0.3 is 0 Å². The van der Waals surface area contributed by atoms with Crippen molar-refractivity contribution in [1.29, 1.82) is 0 Å². The Morgan fingerprint density at radius 2 is 1.60 bits per heavy atom. The van der Waals surface area contributed by atoms with Gasteiger partial charge in [-0.25, -0.2) is 8.78 Å². The second kappa shape index (κ2) is 4.82. The normalized spacial score (nSPS) is 15.9. The zero-order valence-corrected chi connectivity index (χ0v) is 10.9. The fourth-order valence-corrected chi connectivity index (χ4v) is 2.68. The molecule has 0 radical (unpaired) electrons. The standard InChI is InChI=1S/C17H14F2O/c18-14-8-12(9-15(19)11-14)10-16(20)17(6-7-17)13-4-2-1-3-5-13/h1-5,8-9,11H,6-7,10H2. The number of benzene rings is 2. The molecule has 1 saturated carbocycles. The Labute approximate surface area is 116 Å². The monoisotopic (exact) mass is 272 g/mol. The fraction of sp³-hybridized carbons (Fsp3) is 0.235. The number of halogens is 2. The third-order valence-corrected chi connectivity index (χ3v) is 3.90. The van der Waals surface area contributed by atoms with Gasteiger partial charge in [0, 0.05) is 12.5 Å². The van der Waals surface area contributed by atoms with Crippen molar-refractivity contribution in [2.24, 2.45) is 0 Å². The summed E-state index contributed by atoms with van der Waals surface area (Å²) >= 11 is 0. The second-order valence-electron chi connectivity index (χ2n) is 5.33. The molecular formula is C17H14F2O. The SMILES string of the molecule is O=C(Cc1cc(F)cc(F)c1)C1(c2ccccc2)CC1. The highest BCUT2D eigenvalue weighted by molar-refractivity contribution is 5.94. The molecule has 2 aromatic rings. The van der Waals surface area contributed by atoms with E-state index in [1.165, 1.54) is 12.1 Å². The summed E-state index contributed by atoms with van der Waals surface area (Å²) in [5, 5.41) is 0. The molecule has 0 amide bonds. The van der Waals surface area contributed by atoms with Gasteiger partial charge >= 0.3 is 0 Å². The van der Waals surface area contributed by atoms with Crippen LogP contribution in [0.4, 0.5) is 8.78 Å². The van der Waals surface area contributed by atoms with Crippen molar-refractivity contribution in [3.05, 3.63) is 71.3 Å². The van der Waals surface area contributed by atoms with Crippen molar-refractivity contribution in [3.8, 4) is 0 Å². The highest BCUT2D eigenvalue weighted by Crippen LogP contribution is 2.49. The first-order valence-corrected chi connectivity index (χ1v) is 6.64. The van der Waals surface area contributed by atoms with Crippen LogP contribution in [-0.2, 0) is 16.6 Å². The lowest BCUT2D eigenvalue weighted by Crippen LogP contribution is -2.22. The van der Waals surface area contributed by atoms with Crippen molar-refractivity contribution in [1.82, 2.24) is 0 Å². The third-order valence-electron chi connectivity index (χ3n) is 3.90. The first kappa shape index (κ1) is 13.0. The molecule has 0 N–H and O–H groups in total. The van der Waals surface area contributed by atoms with Crippen LogP contribution < -0.4 is 0 Å². The van der Waals surface area contributed by atoms with E-state index in [4.69, 9.17) is 0 Å². The smallest absolute Gasteiger partial charge is 0.147 e. The fourth-order valence-electron chi connectivity index (χ4n) is 2.68. The van der Waals surface area contributed by atoms with Crippen LogP contribution in [0.25, 0.3) is 0 Å². The number of rotatable bonds is 4. The van der Waals surface area contributed by atoms with Gasteiger partial charge in [0.2, 0.25) is 0 Å². The van der Waals surface area contributed by atoms with Gasteiger partial charge in [-0.3, -0.25) is 4.79 Å². The lowest BCUT2D eigenvalue weighted by molar-refractivity contribution is -0.120. The van der Waals surface area contributed by atoms with Gasteiger partial charge in [0.1, 0.15) is 17.4 Å². The number of carbonyl (C=O) groups is 1. The van der Waals surface area contributed by atoms with Crippen molar-refractivity contribution in [2.75, 3.05) is 0 Å². The van der Waals surface area contributed by atoms with E-state index in [1.807, 2.05) is 30.3 Å². The molecule has 0 heterocycles. The molecule has 0 aliphatic heterocycles. The number of hydrogen-bond acceptors (Lipinski definition) is 1. The predicted octanol–water partition coefficient (Wildman–Crippen LogP) is 3.81. The average molecular weight is 272 g/mol. The van der Waals surface area contributed by atoms with E-state index in [9.17, 15) is 13.6 Å². The summed E-state index contributed by atoms with van der Waals surface area (Å²) in [5.74, 6) is -1.25. The van der Waals surface area contributed by atoms with Crippen molar-refractivity contribution in [2.45, 2.75) is 24.7 Å². The summed E-state index contributed by atoms with van der Waals surface area (Å²) in [5.41, 5.74) is 0.959. The highest BCUT2D eigenvalue weighted by Gasteiger charge is 2.50. The summed E-state index contributed by atoms with van der Waals surface area (Å²) in [6.45, 7) is 0. The molecule has 0 saturated heterocycles. The van der Waals surface area contributed by atoms with Crippen LogP contribution in [0.15, 0.2) is 48.5 Å². The summed E-state index contributed by atoms with van der Waals surface area (Å²) < 4.78 is 26.3. The van der Waals surface area contributed by atoms with E-state index in [1.54, 1.807) is 0 Å². The molecule has 3 heteroatoms. The summed E-state index contributed by atoms with van der Waals surface area (Å²) in [7, 11) is 0. The lowest BCUT2D eigenvalue weighted by Gasteiger charge is -2.14. The molecule has 1 nitrogen and oxygen atoms in total. The third kappa shape index (κ3) is 2.36. The van der Waals surface area contributed by atoms with E-state index < -0.39 is 17.0 Å². The lowest BCUT2D eigenvalue weighted by atomic mass is 9.88. The quantitative estimate of drug-likeness (QED) is 0.827. The number of ketones is 1. The first-order valence-electron chi connectivity index (χ1n) is 6.64. The Morgan fingerprint density at radius 1 is 1.00 bits per heavy atom. The highest BCUT2D eigenvalue weighted by atomic mass is 19.1. The molecule has 1 aliphatic carbocycles. The van der Waals surface area contributed by atoms with Gasteiger partial charge in [-0.05, 0) is 36.1 Å². The van der Waals surface area contributed by atoms with E-state index in [0.717, 1.165) is 24.5 Å². The maximum atomic E-state index is 13.2. The van der Waals surface area contributed by atoms with Crippen molar-refractivity contribution < 1.29 is 13.6 Å². The van der Waals surface area contributed by atoms with Gasteiger partial charge in [-0.2, -0.15) is 0 Å². The largest absolute Gasteiger partial charge is 0.298 e. The minimum Gasteiger partial charge on any atom is -0.298 e. The van der Waals surface area contributed by atoms with Gasteiger partial charge in [-0.15, -0.1) is 0 Å². The number of hydrogen-bond donors (Lipinski definition) is 0. The van der Waals surface area contributed by atoms with E-state index >= 15 is 0 Å². The minimum atomic E-state index is -0.641. The maximum absolute atomic E-state index is 13.2. The van der Waals surface area contributed by atoms with Crippen LogP contribution >= 0.6 is 0 Å². The summed E-state index contributed by atoms with van der Waals surface area (Å²) in [6, 6.07) is 12.9. The summed E-state index contributed by atoms with van der Waals surface area (Å²) in [4.78, 5) is 12.5. The van der Waals surface area contributed by atoms with Crippen LogP contribution in [0.1, 0.15) is 24.0 Å². The molecule has 1 fully saturated rings. The molecule has 2 aromatic carbocycles. The van der Waals surface area contributed by atoms with E-state index in [2.05, 4.69) is 0 Å². The van der Waals surface area contributed by atoms with Crippen molar-refractivity contribution >= 4 is 5.78 Å². The zero-order valence-electron chi connectivity index (χ0n) is 10.9. The molecule has 0 unspecified atom stereocenters. The van der Waals surface area contributed by atoms with Gasteiger partial charge in [0.15, 0.2) is 0 Å². The Balaban J connectivity index is 1.83. The van der Waals surface area contributed by atoms with E-state index in [-0.39, 0.29) is 12.2 Å². The Bertz CT molecular complexity index is 625. The van der Waals surface area contributed by atoms with Gasteiger partial charge in [-0.1, -0.05) is 30.3 Å². The van der Waals surface area contributed by atoms with Crippen LogP contribution in [0.5, 0.6) is 0 Å². The molecule has 0 spiro atoms. The Kier molecular flexibility index (Phi) is 3.13. The first-order chi connectivity index (χ1) is 9.60. The topological polar surface area (TPSA) is 17.1 Å². The number of Topliss-reactive ketones (excluding diaryl/α,β-unsaturated/α-hetero) is 1. The molecule has 0 atom stereocenters. The average Bonchev–Trinajstić information content (AvgIpc) is 3.20. The molecule has 0 bridgehead atoms.